The number of aromatic nitrogens is 1. The smallest absolute Gasteiger partial charge is 0.292 e. The maximum atomic E-state index is 13.6. The highest BCUT2D eigenvalue weighted by Gasteiger charge is 2.31. The van der Waals surface area contributed by atoms with Crippen molar-refractivity contribution in [1.82, 2.24) is 4.98 Å². The number of piperidine rings is 1. The zero-order chi connectivity index (χ0) is 22.5. The molecule has 0 saturated carbocycles. The Morgan fingerprint density at radius 1 is 1.06 bits per heavy atom. The Kier molecular flexibility index (Phi) is 6.80. The molecule has 2 aromatic carbocycles. The summed E-state index contributed by atoms with van der Waals surface area (Å²) in [7, 11) is 0. The average Bonchev–Trinajstić information content (AvgIpc) is 2.83. The van der Waals surface area contributed by atoms with Crippen LogP contribution in [0.1, 0.15) is 18.5 Å². The lowest BCUT2D eigenvalue weighted by Gasteiger charge is -2.35. The van der Waals surface area contributed by atoms with Gasteiger partial charge in [0.1, 0.15) is 5.69 Å². The van der Waals surface area contributed by atoms with E-state index >= 15 is 0 Å². The Balaban J connectivity index is 1.51. The number of nitro benzene ring substituents is 1. The molecule has 1 aliphatic heterocycles. The van der Waals surface area contributed by atoms with Gasteiger partial charge in [0.25, 0.3) is 5.69 Å². The van der Waals surface area contributed by atoms with Crippen LogP contribution in [0.3, 0.4) is 0 Å². The number of benzene rings is 2. The van der Waals surface area contributed by atoms with E-state index in [9.17, 15) is 14.9 Å². The van der Waals surface area contributed by atoms with Gasteiger partial charge in [-0.1, -0.05) is 34.1 Å². The molecule has 0 N–H and O–H groups in total. The molecule has 0 unspecified atom stereocenters. The Morgan fingerprint density at radius 3 is 2.41 bits per heavy atom. The van der Waals surface area contributed by atoms with Crippen LogP contribution in [0.15, 0.2) is 77.4 Å². The Hall–Kier alpha value is -3.26. The zero-order valence-corrected chi connectivity index (χ0v) is 19.0. The van der Waals surface area contributed by atoms with Crippen LogP contribution in [-0.2, 0) is 11.3 Å². The summed E-state index contributed by atoms with van der Waals surface area (Å²) < 4.78 is 0.948. The maximum absolute atomic E-state index is 13.6. The fourth-order valence-electron chi connectivity index (χ4n) is 4.04. The summed E-state index contributed by atoms with van der Waals surface area (Å²) in [6, 6.07) is 20.1. The van der Waals surface area contributed by atoms with E-state index in [1.165, 1.54) is 6.07 Å². The molecule has 0 aliphatic carbocycles. The minimum absolute atomic E-state index is 0.0557. The minimum Gasteiger partial charge on any atom is -0.366 e. The molecule has 1 aromatic heterocycles. The first kappa shape index (κ1) is 22.0. The van der Waals surface area contributed by atoms with Gasteiger partial charge in [0.2, 0.25) is 5.91 Å². The number of nitro groups is 1. The van der Waals surface area contributed by atoms with Gasteiger partial charge in [-0.15, -0.1) is 0 Å². The van der Waals surface area contributed by atoms with Gasteiger partial charge < -0.3 is 9.80 Å². The molecule has 0 atom stereocenters. The van der Waals surface area contributed by atoms with Crippen molar-refractivity contribution in [3.63, 3.8) is 0 Å². The molecule has 2 heterocycles. The lowest BCUT2D eigenvalue weighted by atomic mass is 9.94. The van der Waals surface area contributed by atoms with Crippen molar-refractivity contribution in [2.45, 2.75) is 19.4 Å². The van der Waals surface area contributed by atoms with E-state index in [0.717, 1.165) is 15.9 Å². The highest BCUT2D eigenvalue weighted by atomic mass is 79.9. The number of para-hydroxylation sites is 2. The second-order valence-electron chi connectivity index (χ2n) is 7.73. The number of carbonyl (C=O) groups excluding carboxylic acids is 1. The van der Waals surface area contributed by atoms with Crippen LogP contribution in [0, 0.1) is 16.0 Å². The average molecular weight is 495 g/mol. The van der Waals surface area contributed by atoms with Gasteiger partial charge in [0.15, 0.2) is 0 Å². The molecule has 0 spiro atoms. The first-order valence-corrected chi connectivity index (χ1v) is 11.3. The van der Waals surface area contributed by atoms with Crippen molar-refractivity contribution >= 4 is 38.9 Å². The van der Waals surface area contributed by atoms with Crippen LogP contribution in [0.5, 0.6) is 0 Å². The Labute approximate surface area is 195 Å². The van der Waals surface area contributed by atoms with E-state index in [0.29, 0.717) is 38.2 Å². The number of amides is 1. The summed E-state index contributed by atoms with van der Waals surface area (Å²) >= 11 is 3.45. The van der Waals surface area contributed by atoms with Crippen LogP contribution in [-0.4, -0.2) is 28.9 Å². The molecule has 164 valence electrons. The molecule has 1 fully saturated rings. The van der Waals surface area contributed by atoms with Gasteiger partial charge in [-0.25, -0.2) is 0 Å². The lowest BCUT2D eigenvalue weighted by molar-refractivity contribution is -0.384. The van der Waals surface area contributed by atoms with Gasteiger partial charge in [-0.2, -0.15) is 0 Å². The van der Waals surface area contributed by atoms with Gasteiger partial charge in [-0.3, -0.25) is 19.9 Å². The fourth-order valence-corrected chi connectivity index (χ4v) is 4.31. The van der Waals surface area contributed by atoms with Crippen molar-refractivity contribution < 1.29 is 9.72 Å². The van der Waals surface area contributed by atoms with Crippen molar-refractivity contribution in [3.8, 4) is 0 Å². The summed E-state index contributed by atoms with van der Waals surface area (Å²) in [5.74, 6) is -0.0958. The number of rotatable bonds is 6. The van der Waals surface area contributed by atoms with Crippen LogP contribution < -0.4 is 9.80 Å². The number of hydrogen-bond acceptors (Lipinski definition) is 5. The zero-order valence-electron chi connectivity index (χ0n) is 17.4. The standard InChI is InChI=1S/C24H23BrN4O3/c25-19-8-10-21(11-9-19)28(17-20-5-3-4-14-26-20)24(30)18-12-15-27(16-13-18)22-6-1-2-7-23(22)29(31)32/h1-11,14,18H,12-13,15-17H2. The molecule has 3 aromatic rings. The minimum atomic E-state index is -0.352. The van der Waals surface area contributed by atoms with Gasteiger partial charge in [0, 0.05) is 41.4 Å². The predicted molar refractivity (Wildman–Crippen MR) is 128 cm³/mol. The molecular weight excluding hydrogens is 472 g/mol. The molecule has 0 radical (unpaired) electrons. The third-order valence-electron chi connectivity index (χ3n) is 5.71. The third kappa shape index (κ3) is 4.96. The Morgan fingerprint density at radius 2 is 1.75 bits per heavy atom. The van der Waals surface area contributed by atoms with Crippen molar-refractivity contribution in [2.24, 2.45) is 5.92 Å². The van der Waals surface area contributed by atoms with Crippen molar-refractivity contribution in [1.29, 1.82) is 0 Å². The van der Waals surface area contributed by atoms with Crippen molar-refractivity contribution in [3.05, 3.63) is 93.2 Å². The number of pyridine rings is 1. The third-order valence-corrected chi connectivity index (χ3v) is 6.24. The summed E-state index contributed by atoms with van der Waals surface area (Å²) in [4.78, 5) is 32.8. The van der Waals surface area contributed by atoms with E-state index < -0.39 is 0 Å². The van der Waals surface area contributed by atoms with E-state index in [1.807, 2.05) is 53.4 Å². The molecule has 8 heteroatoms. The summed E-state index contributed by atoms with van der Waals surface area (Å²) in [6.45, 7) is 1.59. The number of anilines is 2. The van der Waals surface area contributed by atoms with Crippen LogP contribution >= 0.6 is 15.9 Å². The first-order valence-electron chi connectivity index (χ1n) is 10.5. The normalized spacial score (nSPS) is 14.2. The second-order valence-corrected chi connectivity index (χ2v) is 8.64. The van der Waals surface area contributed by atoms with Crippen LogP contribution in [0.4, 0.5) is 17.1 Å². The molecule has 7 nitrogen and oxygen atoms in total. The van der Waals surface area contributed by atoms with Gasteiger partial charge >= 0.3 is 0 Å². The molecular formula is C24H23BrN4O3. The molecule has 1 saturated heterocycles. The van der Waals surface area contributed by atoms with Crippen LogP contribution in [0.25, 0.3) is 0 Å². The number of hydrogen-bond donors (Lipinski definition) is 0. The molecule has 1 aliphatic rings. The maximum Gasteiger partial charge on any atom is 0.292 e. The second kappa shape index (κ2) is 9.91. The highest BCUT2D eigenvalue weighted by Crippen LogP contribution is 2.32. The van der Waals surface area contributed by atoms with E-state index in [1.54, 1.807) is 23.2 Å². The predicted octanol–water partition coefficient (Wildman–Crippen LogP) is 5.20. The monoisotopic (exact) mass is 494 g/mol. The van der Waals surface area contributed by atoms with E-state index in [4.69, 9.17) is 0 Å². The lowest BCUT2D eigenvalue weighted by Crippen LogP contribution is -2.42. The highest BCUT2D eigenvalue weighted by molar-refractivity contribution is 9.10. The number of halogens is 1. The summed E-state index contributed by atoms with van der Waals surface area (Å²) in [5, 5.41) is 11.4. The van der Waals surface area contributed by atoms with Gasteiger partial charge in [-0.05, 0) is 55.3 Å². The van der Waals surface area contributed by atoms with Gasteiger partial charge in [0.05, 0.1) is 17.2 Å². The molecule has 4 rings (SSSR count). The number of nitrogens with zero attached hydrogens (tertiary/aromatic N) is 4. The number of carbonyl (C=O) groups is 1. The summed E-state index contributed by atoms with van der Waals surface area (Å²) in [6.07, 6.45) is 3.01. The summed E-state index contributed by atoms with van der Waals surface area (Å²) in [5.41, 5.74) is 2.36. The van der Waals surface area contributed by atoms with Crippen molar-refractivity contribution in [2.75, 3.05) is 22.9 Å². The quantitative estimate of drug-likeness (QED) is 0.347. The molecule has 0 bridgehead atoms. The largest absolute Gasteiger partial charge is 0.366 e. The SMILES string of the molecule is O=C(C1CCN(c2ccccc2[N+](=O)[O-])CC1)N(Cc1ccccn1)c1ccc(Br)cc1. The fraction of sp³-hybridized carbons (Fsp3) is 0.250. The topological polar surface area (TPSA) is 79.6 Å². The molecule has 1 amide bonds. The first-order chi connectivity index (χ1) is 15.5. The van der Waals surface area contributed by atoms with E-state index in [2.05, 4.69) is 20.9 Å². The Bertz CT molecular complexity index is 1080. The van der Waals surface area contributed by atoms with E-state index in [-0.39, 0.29) is 22.4 Å². The van der Waals surface area contributed by atoms with Crippen LogP contribution in [0.2, 0.25) is 0 Å². The molecule has 32 heavy (non-hydrogen) atoms.